The highest BCUT2D eigenvalue weighted by molar-refractivity contribution is 9.10. The average molecular weight is 407 g/mol. The zero-order valence-electron chi connectivity index (χ0n) is 12.7. The van der Waals surface area contributed by atoms with Gasteiger partial charge in [0, 0.05) is 20.7 Å². The van der Waals surface area contributed by atoms with Crippen LogP contribution in [0.25, 0.3) is 11.4 Å². The van der Waals surface area contributed by atoms with E-state index >= 15 is 0 Å². The minimum absolute atomic E-state index is 0.0222. The molecule has 8 heteroatoms. The number of tetrazole rings is 1. The minimum Gasteiger partial charge on any atom is -0.324 e. The topological polar surface area (TPSA) is 72.7 Å². The molecular weight excluding hydrogens is 394 g/mol. The van der Waals surface area contributed by atoms with E-state index in [1.165, 1.54) is 4.80 Å². The molecule has 24 heavy (non-hydrogen) atoms. The Morgan fingerprint density at radius 3 is 2.71 bits per heavy atom. The van der Waals surface area contributed by atoms with Crippen molar-refractivity contribution in [2.75, 3.05) is 5.32 Å². The molecule has 0 saturated carbocycles. The second kappa shape index (κ2) is 7.11. The molecule has 2 aromatic carbocycles. The highest BCUT2D eigenvalue weighted by Gasteiger charge is 2.10. The highest BCUT2D eigenvalue weighted by Crippen LogP contribution is 2.20. The van der Waals surface area contributed by atoms with Crippen molar-refractivity contribution in [3.8, 4) is 11.4 Å². The molecule has 0 unspecified atom stereocenters. The van der Waals surface area contributed by atoms with E-state index in [0.29, 0.717) is 16.5 Å². The fourth-order valence-electron chi connectivity index (χ4n) is 2.11. The van der Waals surface area contributed by atoms with Gasteiger partial charge in [0.1, 0.15) is 6.54 Å². The molecule has 3 rings (SSSR count). The summed E-state index contributed by atoms with van der Waals surface area (Å²) in [6, 6.07) is 12.8. The number of carbonyl (C=O) groups excluding carboxylic acids is 1. The molecule has 0 aliphatic rings. The van der Waals surface area contributed by atoms with E-state index in [0.717, 1.165) is 15.6 Å². The zero-order valence-corrected chi connectivity index (χ0v) is 15.0. The standard InChI is InChI=1S/C16H13BrClN5O/c1-10-8-13(18)6-7-14(10)19-15(24)9-23-21-16(20-22-23)11-2-4-12(17)5-3-11/h2-8H,9H2,1H3,(H,19,24). The Morgan fingerprint density at radius 1 is 1.25 bits per heavy atom. The number of anilines is 1. The maximum atomic E-state index is 12.1. The summed E-state index contributed by atoms with van der Waals surface area (Å²) in [4.78, 5) is 13.4. The van der Waals surface area contributed by atoms with E-state index in [9.17, 15) is 4.79 Å². The van der Waals surface area contributed by atoms with Gasteiger partial charge in [-0.2, -0.15) is 4.80 Å². The van der Waals surface area contributed by atoms with Crippen molar-refractivity contribution in [3.05, 3.63) is 57.5 Å². The maximum absolute atomic E-state index is 12.1. The van der Waals surface area contributed by atoms with E-state index in [1.807, 2.05) is 31.2 Å². The van der Waals surface area contributed by atoms with Crippen LogP contribution in [-0.2, 0) is 11.3 Å². The quantitative estimate of drug-likeness (QED) is 0.717. The third-order valence-electron chi connectivity index (χ3n) is 3.30. The van der Waals surface area contributed by atoms with Crippen LogP contribution in [0.4, 0.5) is 5.69 Å². The van der Waals surface area contributed by atoms with Crippen LogP contribution in [0.2, 0.25) is 5.02 Å². The number of benzene rings is 2. The van der Waals surface area contributed by atoms with Crippen LogP contribution in [0.15, 0.2) is 46.9 Å². The lowest BCUT2D eigenvalue weighted by Gasteiger charge is -2.07. The summed E-state index contributed by atoms with van der Waals surface area (Å²) >= 11 is 9.28. The van der Waals surface area contributed by atoms with Gasteiger partial charge in [0.05, 0.1) is 0 Å². The Kier molecular flexibility index (Phi) is 4.92. The molecule has 0 bridgehead atoms. The van der Waals surface area contributed by atoms with E-state index in [4.69, 9.17) is 11.6 Å². The molecule has 6 nitrogen and oxygen atoms in total. The minimum atomic E-state index is -0.236. The molecule has 1 aromatic heterocycles. The summed E-state index contributed by atoms with van der Waals surface area (Å²) in [7, 11) is 0. The lowest BCUT2D eigenvalue weighted by atomic mass is 10.2. The molecule has 3 aromatic rings. The van der Waals surface area contributed by atoms with Crippen molar-refractivity contribution in [2.24, 2.45) is 0 Å². The first-order valence-corrected chi connectivity index (χ1v) is 8.28. The lowest BCUT2D eigenvalue weighted by Crippen LogP contribution is -2.20. The first-order valence-electron chi connectivity index (χ1n) is 7.11. The number of rotatable bonds is 4. The highest BCUT2D eigenvalue weighted by atomic mass is 79.9. The summed E-state index contributed by atoms with van der Waals surface area (Å²) in [6.45, 7) is 1.85. The number of hydrogen-bond acceptors (Lipinski definition) is 4. The van der Waals surface area contributed by atoms with Crippen molar-refractivity contribution in [3.63, 3.8) is 0 Å². The fourth-order valence-corrected chi connectivity index (χ4v) is 2.60. The van der Waals surface area contributed by atoms with Crippen molar-refractivity contribution in [1.29, 1.82) is 0 Å². The van der Waals surface area contributed by atoms with Gasteiger partial charge in [-0.05, 0) is 60.2 Å². The summed E-state index contributed by atoms with van der Waals surface area (Å²) in [5.41, 5.74) is 2.43. The molecule has 0 aliphatic carbocycles. The van der Waals surface area contributed by atoms with Crippen molar-refractivity contribution >= 4 is 39.1 Å². The van der Waals surface area contributed by atoms with Crippen molar-refractivity contribution in [1.82, 2.24) is 20.2 Å². The van der Waals surface area contributed by atoms with Crippen molar-refractivity contribution < 1.29 is 4.79 Å². The van der Waals surface area contributed by atoms with Gasteiger partial charge >= 0.3 is 0 Å². The molecule has 0 saturated heterocycles. The summed E-state index contributed by atoms with van der Waals surface area (Å²) in [5, 5.41) is 15.6. The van der Waals surface area contributed by atoms with Crippen LogP contribution >= 0.6 is 27.5 Å². The first-order chi connectivity index (χ1) is 11.5. The van der Waals surface area contributed by atoms with Crippen LogP contribution in [0, 0.1) is 6.92 Å². The Hall–Kier alpha value is -2.25. The molecule has 0 aliphatic heterocycles. The number of aryl methyl sites for hydroxylation is 1. The summed E-state index contributed by atoms with van der Waals surface area (Å²) in [5.74, 6) is 0.234. The zero-order chi connectivity index (χ0) is 17.1. The van der Waals surface area contributed by atoms with Crippen LogP contribution in [0.1, 0.15) is 5.56 Å². The Bertz CT molecular complexity index is 878. The number of aromatic nitrogens is 4. The number of halogens is 2. The molecule has 1 N–H and O–H groups in total. The summed E-state index contributed by atoms with van der Waals surface area (Å²) in [6.07, 6.45) is 0. The number of carbonyl (C=O) groups is 1. The number of hydrogen-bond donors (Lipinski definition) is 1. The number of amides is 1. The van der Waals surface area contributed by atoms with Gasteiger partial charge in [-0.15, -0.1) is 10.2 Å². The molecule has 0 atom stereocenters. The molecule has 1 heterocycles. The van der Waals surface area contributed by atoms with Gasteiger partial charge in [-0.3, -0.25) is 4.79 Å². The van der Waals surface area contributed by atoms with Gasteiger partial charge in [-0.25, -0.2) is 0 Å². The summed E-state index contributed by atoms with van der Waals surface area (Å²) < 4.78 is 0.969. The third-order valence-corrected chi connectivity index (χ3v) is 4.07. The fraction of sp³-hybridized carbons (Fsp3) is 0.125. The Labute approximate surface area is 152 Å². The second-order valence-electron chi connectivity index (χ2n) is 5.16. The predicted molar refractivity (Wildman–Crippen MR) is 95.8 cm³/mol. The SMILES string of the molecule is Cc1cc(Cl)ccc1NC(=O)Cn1nnc(-c2ccc(Br)cc2)n1. The molecule has 122 valence electrons. The molecule has 1 amide bonds. The van der Waals surface area contributed by atoms with E-state index in [2.05, 4.69) is 36.7 Å². The van der Waals surface area contributed by atoms with Gasteiger partial charge in [-0.1, -0.05) is 27.5 Å². The number of nitrogens with one attached hydrogen (secondary N) is 1. The van der Waals surface area contributed by atoms with Gasteiger partial charge in [0.25, 0.3) is 0 Å². The number of nitrogens with zero attached hydrogens (tertiary/aromatic N) is 4. The van der Waals surface area contributed by atoms with Gasteiger partial charge in [0.15, 0.2) is 0 Å². The maximum Gasteiger partial charge on any atom is 0.248 e. The Balaban J connectivity index is 1.68. The van der Waals surface area contributed by atoms with Crippen LogP contribution in [0.3, 0.4) is 0 Å². The van der Waals surface area contributed by atoms with Crippen LogP contribution in [-0.4, -0.2) is 26.1 Å². The second-order valence-corrected chi connectivity index (χ2v) is 6.51. The molecular formula is C16H13BrClN5O. The lowest BCUT2D eigenvalue weighted by molar-refractivity contribution is -0.117. The van der Waals surface area contributed by atoms with Crippen LogP contribution < -0.4 is 5.32 Å². The van der Waals surface area contributed by atoms with E-state index < -0.39 is 0 Å². The molecule has 0 fully saturated rings. The van der Waals surface area contributed by atoms with Gasteiger partial charge in [0.2, 0.25) is 11.7 Å². The van der Waals surface area contributed by atoms with Crippen molar-refractivity contribution in [2.45, 2.75) is 13.5 Å². The van der Waals surface area contributed by atoms with Crippen LogP contribution in [0.5, 0.6) is 0 Å². The monoisotopic (exact) mass is 405 g/mol. The van der Waals surface area contributed by atoms with Gasteiger partial charge < -0.3 is 5.32 Å². The largest absolute Gasteiger partial charge is 0.324 e. The Morgan fingerprint density at radius 2 is 2.00 bits per heavy atom. The molecule has 0 radical (unpaired) electrons. The third kappa shape index (κ3) is 3.98. The smallest absolute Gasteiger partial charge is 0.248 e. The normalized spacial score (nSPS) is 10.6. The molecule has 0 spiro atoms. The van der Waals surface area contributed by atoms with E-state index in [-0.39, 0.29) is 12.5 Å². The first kappa shape index (κ1) is 16.6. The average Bonchev–Trinajstić information content (AvgIpc) is 2.99. The van der Waals surface area contributed by atoms with E-state index in [1.54, 1.807) is 18.2 Å². The predicted octanol–water partition coefficient (Wildman–Crippen LogP) is 3.70.